The van der Waals surface area contributed by atoms with Gasteiger partial charge < -0.3 is 10.1 Å². The van der Waals surface area contributed by atoms with Crippen molar-refractivity contribution in [2.45, 2.75) is 32.2 Å². The Morgan fingerprint density at radius 3 is 2.57 bits per heavy atom. The summed E-state index contributed by atoms with van der Waals surface area (Å²) in [6.07, 6.45) is 0. The van der Waals surface area contributed by atoms with Gasteiger partial charge in [0.25, 0.3) is 0 Å². The van der Waals surface area contributed by atoms with Gasteiger partial charge in [-0.15, -0.1) is 0 Å². The third-order valence-electron chi connectivity index (χ3n) is 3.48. The molecule has 0 atom stereocenters. The van der Waals surface area contributed by atoms with E-state index in [2.05, 4.69) is 5.32 Å². The van der Waals surface area contributed by atoms with Crippen LogP contribution in [-0.4, -0.2) is 46.1 Å². The Morgan fingerprint density at radius 1 is 1.29 bits per heavy atom. The molecular formula is C15H26N2O3S. The lowest BCUT2D eigenvalue weighted by atomic mass is 10.1. The Bertz CT molecular complexity index is 544. The first-order valence-electron chi connectivity index (χ1n) is 7.27. The number of sulfonamides is 1. The fourth-order valence-electron chi connectivity index (χ4n) is 2.17. The van der Waals surface area contributed by atoms with Crippen LogP contribution in [0.1, 0.15) is 25.0 Å². The van der Waals surface area contributed by atoms with Gasteiger partial charge in [-0.3, -0.25) is 0 Å². The van der Waals surface area contributed by atoms with Crippen LogP contribution in [0, 0.1) is 6.92 Å². The first-order chi connectivity index (χ1) is 9.98. The molecule has 0 saturated carbocycles. The van der Waals surface area contributed by atoms with E-state index in [1.54, 1.807) is 19.2 Å². The Balaban J connectivity index is 3.12. The van der Waals surface area contributed by atoms with Crippen molar-refractivity contribution in [1.29, 1.82) is 0 Å². The molecular weight excluding hydrogens is 288 g/mol. The molecule has 0 radical (unpaired) electrons. The van der Waals surface area contributed by atoms with Gasteiger partial charge in [-0.2, -0.15) is 4.31 Å². The van der Waals surface area contributed by atoms with E-state index in [-0.39, 0.29) is 0 Å². The molecule has 0 aliphatic carbocycles. The first-order valence-corrected chi connectivity index (χ1v) is 8.71. The molecule has 0 spiro atoms. The number of likely N-dealkylation sites (N-methyl/N-ethyl adjacent to an activating group) is 1. The molecule has 1 N–H and O–H groups in total. The first kappa shape index (κ1) is 18.1. The normalized spacial score (nSPS) is 12.0. The van der Waals surface area contributed by atoms with Crippen molar-refractivity contribution in [1.82, 2.24) is 9.62 Å². The van der Waals surface area contributed by atoms with E-state index in [0.717, 1.165) is 17.7 Å². The molecule has 21 heavy (non-hydrogen) atoms. The second-order valence-electron chi connectivity index (χ2n) is 4.81. The number of hydrogen-bond donors (Lipinski definition) is 1. The van der Waals surface area contributed by atoms with Crippen molar-refractivity contribution in [3.8, 4) is 0 Å². The summed E-state index contributed by atoms with van der Waals surface area (Å²) in [4.78, 5) is 0.385. The summed E-state index contributed by atoms with van der Waals surface area (Å²) >= 11 is 0. The van der Waals surface area contributed by atoms with E-state index in [0.29, 0.717) is 31.1 Å². The Labute approximate surface area is 128 Å². The zero-order valence-corrected chi connectivity index (χ0v) is 14.2. The number of nitrogens with one attached hydrogen (secondary N) is 1. The molecule has 120 valence electrons. The number of hydrogen-bond acceptors (Lipinski definition) is 4. The highest BCUT2D eigenvalue weighted by Crippen LogP contribution is 2.22. The summed E-state index contributed by atoms with van der Waals surface area (Å²) < 4.78 is 32.0. The summed E-state index contributed by atoms with van der Waals surface area (Å²) in [6, 6.07) is 5.44. The van der Waals surface area contributed by atoms with E-state index >= 15 is 0 Å². The average molecular weight is 314 g/mol. The van der Waals surface area contributed by atoms with Gasteiger partial charge in [-0.1, -0.05) is 26.0 Å². The summed E-state index contributed by atoms with van der Waals surface area (Å²) in [5, 5.41) is 3.23. The van der Waals surface area contributed by atoms with E-state index in [9.17, 15) is 8.42 Å². The Kier molecular flexibility index (Phi) is 7.31. The van der Waals surface area contributed by atoms with Gasteiger partial charge >= 0.3 is 0 Å². The maximum Gasteiger partial charge on any atom is 0.243 e. The van der Waals surface area contributed by atoms with Crippen LogP contribution >= 0.6 is 0 Å². The molecule has 0 bridgehead atoms. The van der Waals surface area contributed by atoms with Gasteiger partial charge in [0.2, 0.25) is 10.0 Å². The van der Waals surface area contributed by atoms with Gasteiger partial charge in [0.1, 0.15) is 0 Å². The third kappa shape index (κ3) is 4.51. The van der Waals surface area contributed by atoms with Crippen molar-refractivity contribution in [2.24, 2.45) is 0 Å². The minimum atomic E-state index is -3.48. The predicted octanol–water partition coefficient (Wildman–Crippen LogP) is 1.76. The molecule has 1 aromatic carbocycles. The highest BCUT2D eigenvalue weighted by atomic mass is 32.2. The number of methoxy groups -OCH3 is 1. The maximum atomic E-state index is 12.8. The summed E-state index contributed by atoms with van der Waals surface area (Å²) in [5.41, 5.74) is 1.83. The molecule has 1 rings (SSSR count). The summed E-state index contributed by atoms with van der Waals surface area (Å²) in [6.45, 7) is 8.45. The number of nitrogens with zero attached hydrogens (tertiary/aromatic N) is 1. The van der Waals surface area contributed by atoms with Gasteiger partial charge in [0.05, 0.1) is 11.5 Å². The van der Waals surface area contributed by atoms with Gasteiger partial charge in [0, 0.05) is 26.7 Å². The fourth-order valence-corrected chi connectivity index (χ4v) is 3.87. The maximum absolute atomic E-state index is 12.8. The zero-order chi connectivity index (χ0) is 15.9. The summed E-state index contributed by atoms with van der Waals surface area (Å²) in [5.74, 6) is 0. The highest BCUT2D eigenvalue weighted by Gasteiger charge is 2.25. The quantitative estimate of drug-likeness (QED) is 0.754. The fraction of sp³-hybridized carbons (Fsp3) is 0.600. The van der Waals surface area contributed by atoms with Gasteiger partial charge in [-0.05, 0) is 30.7 Å². The van der Waals surface area contributed by atoms with Crippen molar-refractivity contribution in [3.05, 3.63) is 29.3 Å². The van der Waals surface area contributed by atoms with Gasteiger partial charge in [0.15, 0.2) is 0 Å². The highest BCUT2D eigenvalue weighted by molar-refractivity contribution is 7.89. The van der Waals surface area contributed by atoms with Crippen molar-refractivity contribution in [3.63, 3.8) is 0 Å². The second kappa shape index (κ2) is 8.48. The van der Waals surface area contributed by atoms with Crippen LogP contribution in [0.3, 0.4) is 0 Å². The van der Waals surface area contributed by atoms with Crippen LogP contribution in [0.5, 0.6) is 0 Å². The smallest absolute Gasteiger partial charge is 0.243 e. The molecule has 0 amide bonds. The van der Waals surface area contributed by atoms with E-state index in [1.165, 1.54) is 4.31 Å². The molecule has 0 unspecified atom stereocenters. The SMILES string of the molecule is CCNCc1cccc(S(=O)(=O)N(CC)CCOC)c1C. The molecule has 0 saturated heterocycles. The lowest BCUT2D eigenvalue weighted by Gasteiger charge is -2.22. The topological polar surface area (TPSA) is 58.6 Å². The minimum absolute atomic E-state index is 0.367. The Morgan fingerprint density at radius 2 is 2.00 bits per heavy atom. The Hall–Kier alpha value is -0.950. The number of rotatable bonds is 9. The zero-order valence-electron chi connectivity index (χ0n) is 13.3. The van der Waals surface area contributed by atoms with Gasteiger partial charge in [-0.25, -0.2) is 8.42 Å². The summed E-state index contributed by atoms with van der Waals surface area (Å²) in [7, 11) is -1.90. The van der Waals surface area contributed by atoms with Crippen LogP contribution in [-0.2, 0) is 21.3 Å². The molecule has 6 heteroatoms. The number of benzene rings is 1. The standard InChI is InChI=1S/C15H26N2O3S/c1-5-16-12-14-8-7-9-15(13(14)3)21(18,19)17(6-2)10-11-20-4/h7-9,16H,5-6,10-12H2,1-4H3. The monoisotopic (exact) mass is 314 g/mol. The minimum Gasteiger partial charge on any atom is -0.383 e. The van der Waals surface area contributed by atoms with E-state index in [4.69, 9.17) is 4.74 Å². The van der Waals surface area contributed by atoms with Crippen LogP contribution in [0.15, 0.2) is 23.1 Å². The largest absolute Gasteiger partial charge is 0.383 e. The lowest BCUT2D eigenvalue weighted by Crippen LogP contribution is -2.34. The van der Waals surface area contributed by atoms with Crippen LogP contribution in [0.25, 0.3) is 0 Å². The van der Waals surface area contributed by atoms with Crippen molar-refractivity contribution >= 4 is 10.0 Å². The molecule has 0 aromatic heterocycles. The molecule has 0 fully saturated rings. The van der Waals surface area contributed by atoms with Crippen LogP contribution in [0.2, 0.25) is 0 Å². The van der Waals surface area contributed by atoms with E-state index < -0.39 is 10.0 Å². The van der Waals surface area contributed by atoms with Crippen molar-refractivity contribution in [2.75, 3.05) is 33.4 Å². The van der Waals surface area contributed by atoms with Crippen LogP contribution in [0.4, 0.5) is 0 Å². The van der Waals surface area contributed by atoms with Crippen molar-refractivity contribution < 1.29 is 13.2 Å². The molecule has 0 aliphatic heterocycles. The predicted molar refractivity (Wildman–Crippen MR) is 84.9 cm³/mol. The molecule has 5 nitrogen and oxygen atoms in total. The van der Waals surface area contributed by atoms with E-state index in [1.807, 2.05) is 26.8 Å². The molecule has 1 aromatic rings. The van der Waals surface area contributed by atoms with Crippen LogP contribution < -0.4 is 5.32 Å². The molecule has 0 heterocycles. The average Bonchev–Trinajstić information content (AvgIpc) is 2.46. The lowest BCUT2D eigenvalue weighted by molar-refractivity contribution is 0.180. The second-order valence-corrected chi connectivity index (χ2v) is 6.72. The number of ether oxygens (including phenoxy) is 1. The molecule has 0 aliphatic rings. The third-order valence-corrected chi connectivity index (χ3v) is 5.60.